The van der Waals surface area contributed by atoms with Crippen LogP contribution in [0.3, 0.4) is 0 Å². The van der Waals surface area contributed by atoms with Gasteiger partial charge < -0.3 is 9.88 Å². The zero-order valence-corrected chi connectivity index (χ0v) is 13.1. The van der Waals surface area contributed by atoms with E-state index in [0.29, 0.717) is 17.7 Å². The molecular formula is C15H15N5O2S. The number of amides is 1. The summed E-state index contributed by atoms with van der Waals surface area (Å²) in [4.78, 5) is 38.3. The summed E-state index contributed by atoms with van der Waals surface area (Å²) in [6.07, 6.45) is 4.75. The minimum atomic E-state index is -0.198. The molecule has 3 aromatic rings. The van der Waals surface area contributed by atoms with Crippen molar-refractivity contribution in [1.29, 1.82) is 0 Å². The smallest absolute Gasteiger partial charge is 0.328 e. The maximum Gasteiger partial charge on any atom is 0.328 e. The van der Waals surface area contributed by atoms with Gasteiger partial charge in [-0.2, -0.15) is 0 Å². The number of aromatic nitrogens is 4. The van der Waals surface area contributed by atoms with Crippen LogP contribution in [0, 0.1) is 0 Å². The van der Waals surface area contributed by atoms with Gasteiger partial charge in [0.1, 0.15) is 11.8 Å². The molecule has 23 heavy (non-hydrogen) atoms. The molecule has 0 saturated carbocycles. The first-order valence-corrected chi connectivity index (χ1v) is 8.35. The Balaban J connectivity index is 1.65. The number of hydrogen-bond acceptors (Lipinski definition) is 5. The Labute approximate surface area is 135 Å². The van der Waals surface area contributed by atoms with Crippen molar-refractivity contribution < 1.29 is 4.79 Å². The van der Waals surface area contributed by atoms with Gasteiger partial charge in [0.25, 0.3) is 5.91 Å². The van der Waals surface area contributed by atoms with Crippen LogP contribution in [-0.2, 0) is 0 Å². The fraction of sp³-hybridized carbons (Fsp3) is 0.333. The fourth-order valence-electron chi connectivity index (χ4n) is 3.12. The number of aromatic amines is 1. The summed E-state index contributed by atoms with van der Waals surface area (Å²) < 4.78 is 1.66. The van der Waals surface area contributed by atoms with Gasteiger partial charge in [-0.25, -0.2) is 14.8 Å². The molecule has 0 spiro atoms. The lowest BCUT2D eigenvalue weighted by Crippen LogP contribution is -2.42. The third-order valence-corrected chi connectivity index (χ3v) is 5.02. The molecule has 1 amide bonds. The third-order valence-electron chi connectivity index (χ3n) is 4.16. The van der Waals surface area contributed by atoms with Gasteiger partial charge in [0.05, 0.1) is 17.1 Å². The molecule has 4 heterocycles. The molecule has 1 saturated heterocycles. The fourth-order valence-corrected chi connectivity index (χ4v) is 3.81. The number of nitrogens with zero attached hydrogens (tertiary/aromatic N) is 4. The molecule has 7 nitrogen and oxygen atoms in total. The van der Waals surface area contributed by atoms with Crippen molar-refractivity contribution >= 4 is 28.4 Å². The molecule has 0 bridgehead atoms. The molecule has 1 aliphatic rings. The summed E-state index contributed by atoms with van der Waals surface area (Å²) in [5.74, 6) is 0.0345. The van der Waals surface area contributed by atoms with Crippen molar-refractivity contribution in [3.63, 3.8) is 0 Å². The van der Waals surface area contributed by atoms with E-state index < -0.39 is 0 Å². The van der Waals surface area contributed by atoms with Crippen LogP contribution >= 0.6 is 11.3 Å². The minimum Gasteiger partial charge on any atom is -0.336 e. The third kappa shape index (κ3) is 2.44. The topological polar surface area (TPSA) is 83.9 Å². The van der Waals surface area contributed by atoms with E-state index in [1.807, 2.05) is 22.4 Å². The average molecular weight is 329 g/mol. The van der Waals surface area contributed by atoms with Gasteiger partial charge in [-0.15, -0.1) is 11.3 Å². The molecule has 8 heteroatoms. The van der Waals surface area contributed by atoms with Crippen LogP contribution in [0.25, 0.3) is 11.2 Å². The molecule has 0 aromatic carbocycles. The highest BCUT2D eigenvalue weighted by molar-refractivity contribution is 7.12. The molecular weight excluding hydrogens is 314 g/mol. The highest BCUT2D eigenvalue weighted by Gasteiger charge is 2.28. The highest BCUT2D eigenvalue weighted by Crippen LogP contribution is 2.24. The molecule has 1 N–H and O–H groups in total. The van der Waals surface area contributed by atoms with Gasteiger partial charge in [0.2, 0.25) is 0 Å². The van der Waals surface area contributed by atoms with Crippen molar-refractivity contribution in [3.05, 3.63) is 45.4 Å². The number of piperidine rings is 1. The maximum absolute atomic E-state index is 12.5. The number of carbonyl (C=O) groups is 1. The number of likely N-dealkylation sites (tertiary alicyclic amines) is 1. The summed E-state index contributed by atoms with van der Waals surface area (Å²) >= 11 is 1.44. The quantitative estimate of drug-likeness (QED) is 0.775. The van der Waals surface area contributed by atoms with Crippen molar-refractivity contribution in [2.75, 3.05) is 13.1 Å². The summed E-state index contributed by atoms with van der Waals surface area (Å²) in [5, 5.41) is 1.90. The first-order valence-electron chi connectivity index (χ1n) is 7.47. The lowest BCUT2D eigenvalue weighted by Gasteiger charge is -2.32. The van der Waals surface area contributed by atoms with E-state index in [-0.39, 0.29) is 17.6 Å². The van der Waals surface area contributed by atoms with Crippen molar-refractivity contribution in [2.45, 2.75) is 18.9 Å². The summed E-state index contributed by atoms with van der Waals surface area (Å²) in [6.45, 7) is 1.24. The van der Waals surface area contributed by atoms with E-state index in [1.165, 1.54) is 17.7 Å². The van der Waals surface area contributed by atoms with Crippen molar-refractivity contribution in [2.24, 2.45) is 0 Å². The van der Waals surface area contributed by atoms with Gasteiger partial charge in [-0.1, -0.05) is 6.07 Å². The van der Waals surface area contributed by atoms with Crippen LogP contribution in [0.4, 0.5) is 0 Å². The van der Waals surface area contributed by atoms with Gasteiger partial charge >= 0.3 is 5.69 Å². The largest absolute Gasteiger partial charge is 0.336 e. The Kier molecular flexibility index (Phi) is 3.45. The Morgan fingerprint density at radius 3 is 3.17 bits per heavy atom. The second-order valence-corrected chi connectivity index (χ2v) is 6.53. The number of H-pyrrole nitrogens is 1. The van der Waals surface area contributed by atoms with Crippen LogP contribution in [0.2, 0.25) is 0 Å². The maximum atomic E-state index is 12.5. The number of carbonyl (C=O) groups excluding carboxylic acids is 1. The highest BCUT2D eigenvalue weighted by atomic mass is 32.1. The Morgan fingerprint density at radius 2 is 2.35 bits per heavy atom. The Hall–Kier alpha value is -2.48. The van der Waals surface area contributed by atoms with Crippen molar-refractivity contribution in [3.8, 4) is 0 Å². The normalized spacial score (nSPS) is 18.4. The van der Waals surface area contributed by atoms with E-state index in [1.54, 1.807) is 10.8 Å². The molecule has 1 fully saturated rings. The number of hydrogen-bond donors (Lipinski definition) is 1. The number of imidazole rings is 1. The first-order chi connectivity index (χ1) is 11.2. The van der Waals surface area contributed by atoms with Crippen LogP contribution in [0.15, 0.2) is 34.8 Å². The van der Waals surface area contributed by atoms with Crippen molar-refractivity contribution in [1.82, 2.24) is 24.4 Å². The van der Waals surface area contributed by atoms with Crippen LogP contribution in [0.1, 0.15) is 28.6 Å². The Bertz CT molecular complexity index is 898. The summed E-state index contributed by atoms with van der Waals surface area (Å²) in [7, 11) is 0. The van der Waals surface area contributed by atoms with Crippen LogP contribution in [-0.4, -0.2) is 43.4 Å². The molecule has 0 radical (unpaired) electrons. The van der Waals surface area contributed by atoms with E-state index in [4.69, 9.17) is 0 Å². The first kappa shape index (κ1) is 14.1. The number of thiophene rings is 1. The van der Waals surface area contributed by atoms with Crippen LogP contribution in [0.5, 0.6) is 0 Å². The molecule has 1 aliphatic heterocycles. The summed E-state index contributed by atoms with van der Waals surface area (Å²) in [5.41, 5.74) is 1.02. The zero-order chi connectivity index (χ0) is 15.8. The molecule has 0 unspecified atom stereocenters. The summed E-state index contributed by atoms with van der Waals surface area (Å²) in [6, 6.07) is 3.64. The lowest BCUT2D eigenvalue weighted by molar-refractivity contribution is 0.0684. The molecule has 1 atom stereocenters. The number of rotatable bonds is 2. The SMILES string of the molecule is O=C(c1cccs1)N1CCC[C@@H](n2c(=O)[nH]c3cncnc32)C1. The second kappa shape index (κ2) is 5.62. The number of nitrogens with one attached hydrogen (secondary N) is 1. The van der Waals surface area contributed by atoms with E-state index >= 15 is 0 Å². The minimum absolute atomic E-state index is 0.0345. The van der Waals surface area contributed by atoms with Gasteiger partial charge in [0.15, 0.2) is 5.65 Å². The monoisotopic (exact) mass is 329 g/mol. The Morgan fingerprint density at radius 1 is 1.43 bits per heavy atom. The van der Waals surface area contributed by atoms with Crippen LogP contribution < -0.4 is 5.69 Å². The second-order valence-electron chi connectivity index (χ2n) is 5.58. The molecule has 0 aliphatic carbocycles. The van der Waals surface area contributed by atoms with Gasteiger partial charge in [-0.3, -0.25) is 9.36 Å². The predicted molar refractivity (Wildman–Crippen MR) is 86.6 cm³/mol. The van der Waals surface area contributed by atoms with E-state index in [9.17, 15) is 9.59 Å². The number of fused-ring (bicyclic) bond motifs is 1. The van der Waals surface area contributed by atoms with E-state index in [0.717, 1.165) is 24.3 Å². The molecule has 118 valence electrons. The van der Waals surface area contributed by atoms with E-state index in [2.05, 4.69) is 15.0 Å². The lowest BCUT2D eigenvalue weighted by atomic mass is 10.1. The average Bonchev–Trinajstić information content (AvgIpc) is 3.21. The van der Waals surface area contributed by atoms with Gasteiger partial charge in [0, 0.05) is 13.1 Å². The molecule has 3 aromatic heterocycles. The predicted octanol–water partition coefficient (Wildman–Crippen LogP) is 1.66. The standard InChI is InChI=1S/C15H15N5O2S/c21-14(12-4-2-6-23-12)19-5-1-3-10(8-19)20-13-11(18-15(20)22)7-16-9-17-13/h2,4,6-7,9-10H,1,3,5,8H2,(H,18,22)/t10-/m1/s1. The van der Waals surface area contributed by atoms with Gasteiger partial charge in [-0.05, 0) is 24.3 Å². The molecule has 4 rings (SSSR count). The zero-order valence-electron chi connectivity index (χ0n) is 12.3.